The summed E-state index contributed by atoms with van der Waals surface area (Å²) >= 11 is 8.81. The number of thiophene rings is 1. The molecule has 1 N–H and O–H groups in total. The number of carbonyl (C=O) groups excluding carboxylic acids is 1. The summed E-state index contributed by atoms with van der Waals surface area (Å²) in [6, 6.07) is 7.49. The lowest BCUT2D eigenvalue weighted by molar-refractivity contribution is -0.118. The molecule has 3 aromatic rings. The first-order valence-corrected chi connectivity index (χ1v) is 9.13. The molecule has 2 heterocycles. The maximum Gasteiger partial charge on any atom is 0.264 e. The summed E-state index contributed by atoms with van der Waals surface area (Å²) in [5, 5.41) is 5.82. The number of ether oxygens (including phenoxy) is 1. The number of nitrogens with zero attached hydrogens (tertiary/aromatic N) is 2. The molecule has 0 aliphatic heterocycles. The molecule has 0 aliphatic rings. The van der Waals surface area contributed by atoms with Crippen molar-refractivity contribution in [1.82, 2.24) is 9.36 Å². The average molecular weight is 380 g/mol. The number of hydrogen-bond acceptors (Lipinski definition) is 6. The SMILES string of the molecule is Cc1cc(OCC(=O)Nc2nc(-c3cccs3)ns2)cc(C)c1Cl. The molecule has 124 valence electrons. The van der Waals surface area contributed by atoms with E-state index in [0.717, 1.165) is 27.5 Å². The van der Waals surface area contributed by atoms with Gasteiger partial charge in [0, 0.05) is 16.6 Å². The highest BCUT2D eigenvalue weighted by Gasteiger charge is 2.11. The highest BCUT2D eigenvalue weighted by molar-refractivity contribution is 7.14. The molecule has 0 aliphatic carbocycles. The third-order valence-electron chi connectivity index (χ3n) is 3.19. The van der Waals surface area contributed by atoms with Crippen LogP contribution in [0.1, 0.15) is 11.1 Å². The molecule has 0 spiro atoms. The fraction of sp³-hybridized carbons (Fsp3) is 0.188. The number of anilines is 1. The van der Waals surface area contributed by atoms with Gasteiger partial charge in [0.2, 0.25) is 5.13 Å². The van der Waals surface area contributed by atoms with Crippen LogP contribution in [-0.4, -0.2) is 21.9 Å². The van der Waals surface area contributed by atoms with E-state index in [1.807, 2.05) is 43.5 Å². The van der Waals surface area contributed by atoms with Gasteiger partial charge in [-0.25, -0.2) is 0 Å². The van der Waals surface area contributed by atoms with Crippen molar-refractivity contribution in [2.75, 3.05) is 11.9 Å². The van der Waals surface area contributed by atoms with Gasteiger partial charge < -0.3 is 4.74 Å². The van der Waals surface area contributed by atoms with Crippen molar-refractivity contribution in [2.45, 2.75) is 13.8 Å². The van der Waals surface area contributed by atoms with E-state index in [1.165, 1.54) is 0 Å². The third-order valence-corrected chi connectivity index (χ3v) is 5.29. The van der Waals surface area contributed by atoms with Gasteiger partial charge >= 0.3 is 0 Å². The number of aromatic nitrogens is 2. The lowest BCUT2D eigenvalue weighted by atomic mass is 10.1. The van der Waals surface area contributed by atoms with Gasteiger partial charge in [0.15, 0.2) is 12.4 Å². The zero-order valence-electron chi connectivity index (χ0n) is 13.0. The predicted octanol–water partition coefficient (Wildman–Crippen LogP) is 4.55. The first-order valence-electron chi connectivity index (χ1n) is 7.10. The third kappa shape index (κ3) is 3.92. The molecule has 0 fully saturated rings. The van der Waals surface area contributed by atoms with Crippen molar-refractivity contribution < 1.29 is 9.53 Å². The van der Waals surface area contributed by atoms with Gasteiger partial charge in [0.05, 0.1) is 4.88 Å². The van der Waals surface area contributed by atoms with E-state index >= 15 is 0 Å². The molecule has 24 heavy (non-hydrogen) atoms. The summed E-state index contributed by atoms with van der Waals surface area (Å²) < 4.78 is 9.76. The summed E-state index contributed by atoms with van der Waals surface area (Å²) in [7, 11) is 0. The minimum absolute atomic E-state index is 0.103. The molecule has 0 radical (unpaired) electrons. The predicted molar refractivity (Wildman–Crippen MR) is 98.3 cm³/mol. The van der Waals surface area contributed by atoms with Crippen LogP contribution < -0.4 is 10.1 Å². The Bertz CT molecular complexity index is 839. The quantitative estimate of drug-likeness (QED) is 0.706. The average Bonchev–Trinajstić information content (AvgIpc) is 3.21. The van der Waals surface area contributed by atoms with Crippen LogP contribution in [0.25, 0.3) is 10.7 Å². The van der Waals surface area contributed by atoms with Crippen molar-refractivity contribution in [2.24, 2.45) is 0 Å². The van der Waals surface area contributed by atoms with Crippen LogP contribution in [0.15, 0.2) is 29.6 Å². The van der Waals surface area contributed by atoms with Gasteiger partial charge in [-0.05, 0) is 48.6 Å². The Kier molecular flexibility index (Phi) is 5.13. The molecule has 0 saturated heterocycles. The summed E-state index contributed by atoms with van der Waals surface area (Å²) in [4.78, 5) is 17.3. The Morgan fingerprint density at radius 1 is 1.33 bits per heavy atom. The molecule has 0 bridgehead atoms. The molecule has 2 aromatic heterocycles. The number of hydrogen-bond donors (Lipinski definition) is 1. The number of rotatable bonds is 5. The minimum atomic E-state index is -0.283. The highest BCUT2D eigenvalue weighted by Crippen LogP contribution is 2.26. The molecule has 1 aromatic carbocycles. The summed E-state index contributed by atoms with van der Waals surface area (Å²) in [6.45, 7) is 3.69. The van der Waals surface area contributed by atoms with Crippen LogP contribution in [0.5, 0.6) is 5.75 Å². The lowest BCUT2D eigenvalue weighted by Crippen LogP contribution is -2.20. The van der Waals surface area contributed by atoms with Crippen molar-refractivity contribution in [3.63, 3.8) is 0 Å². The van der Waals surface area contributed by atoms with Gasteiger partial charge in [-0.15, -0.1) is 11.3 Å². The second kappa shape index (κ2) is 7.29. The van der Waals surface area contributed by atoms with E-state index < -0.39 is 0 Å². The number of benzene rings is 1. The van der Waals surface area contributed by atoms with Crippen molar-refractivity contribution in [3.8, 4) is 16.5 Å². The molecule has 0 saturated carbocycles. The van der Waals surface area contributed by atoms with Crippen LogP contribution in [0.3, 0.4) is 0 Å². The van der Waals surface area contributed by atoms with Gasteiger partial charge in [-0.1, -0.05) is 17.7 Å². The zero-order chi connectivity index (χ0) is 17.1. The minimum Gasteiger partial charge on any atom is -0.484 e. The Morgan fingerprint density at radius 3 is 2.75 bits per heavy atom. The first kappa shape index (κ1) is 16.9. The van der Waals surface area contributed by atoms with Crippen molar-refractivity contribution in [1.29, 1.82) is 0 Å². The molecule has 0 unspecified atom stereocenters. The van der Waals surface area contributed by atoms with Crippen molar-refractivity contribution in [3.05, 3.63) is 45.8 Å². The second-order valence-corrected chi connectivity index (χ2v) is 7.19. The van der Waals surface area contributed by atoms with Crippen molar-refractivity contribution >= 4 is 45.5 Å². The van der Waals surface area contributed by atoms with Gasteiger partial charge in [-0.3, -0.25) is 10.1 Å². The molecular formula is C16H14ClN3O2S2. The van der Waals surface area contributed by atoms with Gasteiger partial charge in [0.1, 0.15) is 5.75 Å². The Morgan fingerprint density at radius 2 is 2.08 bits per heavy atom. The molecule has 0 atom stereocenters. The second-order valence-electron chi connectivity index (χ2n) is 5.11. The fourth-order valence-electron chi connectivity index (χ4n) is 2.07. The Labute approximate surface area is 152 Å². The zero-order valence-corrected chi connectivity index (χ0v) is 15.4. The van der Waals surface area contributed by atoms with E-state index in [9.17, 15) is 4.79 Å². The number of aryl methyl sites for hydroxylation is 2. The van der Waals surface area contributed by atoms with E-state index in [2.05, 4.69) is 14.7 Å². The maximum absolute atomic E-state index is 12.0. The number of halogens is 1. The van der Waals surface area contributed by atoms with E-state index in [0.29, 0.717) is 21.7 Å². The van der Waals surface area contributed by atoms with E-state index in [-0.39, 0.29) is 12.5 Å². The molecule has 5 nitrogen and oxygen atoms in total. The summed E-state index contributed by atoms with van der Waals surface area (Å²) in [6.07, 6.45) is 0. The number of carbonyl (C=O) groups is 1. The van der Waals surface area contributed by atoms with E-state index in [1.54, 1.807) is 11.3 Å². The van der Waals surface area contributed by atoms with Crippen LogP contribution in [-0.2, 0) is 4.79 Å². The van der Waals surface area contributed by atoms with Crippen LogP contribution >= 0.6 is 34.5 Å². The number of nitrogens with one attached hydrogen (secondary N) is 1. The standard InChI is InChI=1S/C16H14ClN3O2S2/c1-9-6-11(7-10(2)14(9)17)22-8-13(21)18-16-19-15(20-24-16)12-4-3-5-23-12/h3-7H,8H2,1-2H3,(H,18,19,20,21). The largest absolute Gasteiger partial charge is 0.484 e. The molecule has 8 heteroatoms. The Balaban J connectivity index is 1.58. The molecule has 3 rings (SSSR count). The smallest absolute Gasteiger partial charge is 0.264 e. The van der Waals surface area contributed by atoms with Crippen LogP contribution in [0.4, 0.5) is 5.13 Å². The molecule has 1 amide bonds. The maximum atomic E-state index is 12.0. The summed E-state index contributed by atoms with van der Waals surface area (Å²) in [5.74, 6) is 0.949. The summed E-state index contributed by atoms with van der Waals surface area (Å²) in [5.41, 5.74) is 1.83. The normalized spacial score (nSPS) is 10.6. The topological polar surface area (TPSA) is 64.1 Å². The van der Waals surface area contributed by atoms with Crippen LogP contribution in [0, 0.1) is 13.8 Å². The number of amides is 1. The van der Waals surface area contributed by atoms with E-state index in [4.69, 9.17) is 16.3 Å². The fourth-order valence-corrected chi connectivity index (χ4v) is 3.50. The van der Waals surface area contributed by atoms with Gasteiger partial charge in [0.25, 0.3) is 5.91 Å². The monoisotopic (exact) mass is 379 g/mol. The Hall–Kier alpha value is -1.96. The molecular weight excluding hydrogens is 366 g/mol. The first-order chi connectivity index (χ1) is 11.5. The van der Waals surface area contributed by atoms with Crippen LogP contribution in [0.2, 0.25) is 5.02 Å². The van der Waals surface area contributed by atoms with Gasteiger partial charge in [-0.2, -0.15) is 9.36 Å². The highest BCUT2D eigenvalue weighted by atomic mass is 35.5. The lowest BCUT2D eigenvalue weighted by Gasteiger charge is -2.09.